The first kappa shape index (κ1) is 27.7. The van der Waals surface area contributed by atoms with E-state index in [1.165, 1.54) is 18.3 Å². The largest absolute Gasteiger partial charge is 0.462 e. The van der Waals surface area contributed by atoms with Crippen LogP contribution in [0.3, 0.4) is 0 Å². The highest BCUT2D eigenvalue weighted by Crippen LogP contribution is 2.25. The van der Waals surface area contributed by atoms with Gasteiger partial charge in [-0.15, -0.1) is 0 Å². The van der Waals surface area contributed by atoms with Crippen molar-refractivity contribution in [3.63, 3.8) is 0 Å². The highest BCUT2D eigenvalue weighted by Gasteiger charge is 2.41. The van der Waals surface area contributed by atoms with E-state index in [0.29, 0.717) is 30.2 Å². The zero-order valence-electron chi connectivity index (χ0n) is 21.8. The van der Waals surface area contributed by atoms with Gasteiger partial charge in [-0.3, -0.25) is 15.4 Å². The molecule has 2 aromatic carbocycles. The van der Waals surface area contributed by atoms with Crippen molar-refractivity contribution in [1.29, 1.82) is 5.26 Å². The number of rotatable bonds is 12. The molecule has 1 aliphatic heterocycles. The van der Waals surface area contributed by atoms with Gasteiger partial charge < -0.3 is 20.7 Å². The third-order valence-electron chi connectivity index (χ3n) is 5.91. The number of aromatic nitrogens is 1. The standard InChI is InChI=1S/C28H28N8O4/c1-2-40-27(37)28(32-15-14-23(35-28)22-10-8-20(18-29)9-11-22)33-17-16-30-25-13-12-24(36(38)39)26(34-25)31-19-21-6-4-3-5-7-21/h3-15,33,35H,2,16-17,19H2,1H3,(H2,30,31,34). The number of ether oxygens (including phenoxy) is 1. The predicted molar refractivity (Wildman–Crippen MR) is 151 cm³/mol. The van der Waals surface area contributed by atoms with Gasteiger partial charge in [0.15, 0.2) is 0 Å². The number of nitrogens with zero attached hydrogens (tertiary/aromatic N) is 4. The van der Waals surface area contributed by atoms with Gasteiger partial charge in [0.1, 0.15) is 5.82 Å². The third-order valence-corrected chi connectivity index (χ3v) is 5.91. The lowest BCUT2D eigenvalue weighted by atomic mass is 10.1. The number of hydrogen-bond donors (Lipinski definition) is 4. The third kappa shape index (κ3) is 6.77. The molecule has 12 nitrogen and oxygen atoms in total. The maximum absolute atomic E-state index is 13.0. The molecule has 2 heterocycles. The van der Waals surface area contributed by atoms with Crippen molar-refractivity contribution in [2.75, 3.05) is 30.3 Å². The second-order valence-electron chi connectivity index (χ2n) is 8.62. The van der Waals surface area contributed by atoms with Gasteiger partial charge >= 0.3 is 11.7 Å². The number of esters is 1. The van der Waals surface area contributed by atoms with Gasteiger partial charge in [0, 0.05) is 37.6 Å². The topological polar surface area (TPSA) is 167 Å². The number of carbonyl (C=O) groups excluding carboxylic acids is 1. The lowest BCUT2D eigenvalue weighted by molar-refractivity contribution is -0.384. The van der Waals surface area contributed by atoms with Crippen molar-refractivity contribution in [1.82, 2.24) is 15.6 Å². The van der Waals surface area contributed by atoms with Gasteiger partial charge in [0.25, 0.3) is 5.79 Å². The van der Waals surface area contributed by atoms with Crippen LogP contribution >= 0.6 is 0 Å². The minimum atomic E-state index is -1.57. The average Bonchev–Trinajstić information content (AvgIpc) is 2.99. The van der Waals surface area contributed by atoms with Crippen molar-refractivity contribution in [2.24, 2.45) is 4.99 Å². The van der Waals surface area contributed by atoms with E-state index in [0.717, 1.165) is 11.1 Å². The summed E-state index contributed by atoms with van der Waals surface area (Å²) in [5.41, 5.74) is 2.74. The van der Waals surface area contributed by atoms with Crippen molar-refractivity contribution < 1.29 is 14.5 Å². The van der Waals surface area contributed by atoms with E-state index in [-0.39, 0.29) is 24.7 Å². The van der Waals surface area contributed by atoms with E-state index in [4.69, 9.17) is 10.00 Å². The number of allylic oxidation sites excluding steroid dienone is 1. The minimum absolute atomic E-state index is 0.135. The normalized spacial score (nSPS) is 15.8. The molecule has 12 heteroatoms. The molecule has 0 saturated heterocycles. The quantitative estimate of drug-likeness (QED) is 0.116. The van der Waals surface area contributed by atoms with Crippen molar-refractivity contribution >= 4 is 35.2 Å². The molecule has 0 amide bonds. The Balaban J connectivity index is 1.42. The number of nitriles is 1. The number of nitro groups is 1. The summed E-state index contributed by atoms with van der Waals surface area (Å²) >= 11 is 0. The van der Waals surface area contributed by atoms with Crippen LogP contribution in [-0.4, -0.2) is 47.6 Å². The second kappa shape index (κ2) is 13.0. The highest BCUT2D eigenvalue weighted by atomic mass is 16.6. The summed E-state index contributed by atoms with van der Waals surface area (Å²) in [6.45, 7) is 2.83. The Morgan fingerprint density at radius 3 is 2.58 bits per heavy atom. The lowest BCUT2D eigenvalue weighted by Gasteiger charge is -2.33. The number of hydrogen-bond acceptors (Lipinski definition) is 11. The molecular weight excluding hydrogens is 512 g/mol. The average molecular weight is 541 g/mol. The van der Waals surface area contributed by atoms with Crippen LogP contribution < -0.4 is 21.3 Å². The van der Waals surface area contributed by atoms with Gasteiger partial charge in [-0.25, -0.2) is 14.8 Å². The van der Waals surface area contributed by atoms with E-state index in [2.05, 4.69) is 37.3 Å². The number of nitrogens with one attached hydrogen (secondary N) is 4. The molecule has 204 valence electrons. The van der Waals surface area contributed by atoms with Gasteiger partial charge in [-0.1, -0.05) is 42.5 Å². The van der Waals surface area contributed by atoms with Crippen LogP contribution in [0, 0.1) is 21.4 Å². The minimum Gasteiger partial charge on any atom is -0.462 e. The Kier molecular flexibility index (Phi) is 9.01. The second-order valence-corrected chi connectivity index (χ2v) is 8.62. The fourth-order valence-corrected chi connectivity index (χ4v) is 3.93. The Bertz CT molecular complexity index is 1450. The molecule has 0 bridgehead atoms. The Labute approximate surface area is 230 Å². The zero-order valence-corrected chi connectivity index (χ0v) is 21.8. The van der Waals surface area contributed by atoms with Crippen LogP contribution in [0.5, 0.6) is 0 Å². The molecule has 0 aliphatic carbocycles. The van der Waals surface area contributed by atoms with Crippen LogP contribution in [0.2, 0.25) is 0 Å². The van der Waals surface area contributed by atoms with Crippen LogP contribution in [0.4, 0.5) is 17.3 Å². The van der Waals surface area contributed by atoms with E-state index >= 15 is 0 Å². The van der Waals surface area contributed by atoms with E-state index < -0.39 is 16.7 Å². The summed E-state index contributed by atoms with van der Waals surface area (Å²) in [7, 11) is 0. The first-order chi connectivity index (χ1) is 19.4. The van der Waals surface area contributed by atoms with Gasteiger partial charge in [-0.05, 0) is 42.3 Å². The zero-order chi connectivity index (χ0) is 28.4. The Morgan fingerprint density at radius 1 is 1.10 bits per heavy atom. The first-order valence-electron chi connectivity index (χ1n) is 12.6. The smallest absolute Gasteiger partial charge is 0.371 e. The number of carbonyl (C=O) groups is 1. The molecule has 1 aromatic heterocycles. The predicted octanol–water partition coefficient (Wildman–Crippen LogP) is 3.41. The van der Waals surface area contributed by atoms with E-state index in [1.807, 2.05) is 30.3 Å². The summed E-state index contributed by atoms with van der Waals surface area (Å²) in [5, 5.41) is 33.0. The number of anilines is 2. The number of pyridine rings is 1. The summed E-state index contributed by atoms with van der Waals surface area (Å²) in [6.07, 6.45) is 3.24. The van der Waals surface area contributed by atoms with Crippen molar-refractivity contribution in [2.45, 2.75) is 19.3 Å². The molecule has 0 spiro atoms. The fourth-order valence-electron chi connectivity index (χ4n) is 3.93. The molecule has 4 N–H and O–H groups in total. The molecule has 0 radical (unpaired) electrons. The van der Waals surface area contributed by atoms with E-state index in [9.17, 15) is 14.9 Å². The maximum atomic E-state index is 13.0. The van der Waals surface area contributed by atoms with E-state index in [1.54, 1.807) is 37.3 Å². The molecule has 1 atom stereocenters. The molecule has 1 unspecified atom stereocenters. The van der Waals surface area contributed by atoms with Gasteiger partial charge in [-0.2, -0.15) is 5.26 Å². The first-order valence-corrected chi connectivity index (χ1v) is 12.6. The molecular formula is C28H28N8O4. The lowest BCUT2D eigenvalue weighted by Crippen LogP contribution is -2.62. The molecule has 0 saturated carbocycles. The number of aliphatic imine (C=N–C) groups is 1. The van der Waals surface area contributed by atoms with Crippen molar-refractivity contribution in [3.05, 3.63) is 99.6 Å². The van der Waals surface area contributed by atoms with Crippen LogP contribution in [-0.2, 0) is 16.1 Å². The van der Waals surface area contributed by atoms with Gasteiger partial charge in [0.05, 0.1) is 23.2 Å². The molecule has 3 aromatic rings. The SMILES string of the molecule is CCOC(=O)C1(NCCNc2ccc([N+](=O)[O-])c(NCc3ccccc3)n2)N=CC=C(c2ccc(C#N)cc2)N1. The summed E-state index contributed by atoms with van der Waals surface area (Å²) in [6, 6.07) is 21.4. The molecule has 40 heavy (non-hydrogen) atoms. The van der Waals surface area contributed by atoms with Crippen LogP contribution in [0.15, 0.2) is 77.8 Å². The molecule has 1 aliphatic rings. The maximum Gasteiger partial charge on any atom is 0.371 e. The summed E-state index contributed by atoms with van der Waals surface area (Å²) in [5.74, 6) is -1.61. The monoisotopic (exact) mass is 540 g/mol. The van der Waals surface area contributed by atoms with Crippen molar-refractivity contribution in [3.8, 4) is 6.07 Å². The molecule has 0 fully saturated rings. The Morgan fingerprint density at radius 2 is 1.88 bits per heavy atom. The van der Waals surface area contributed by atoms with Crippen LogP contribution in [0.1, 0.15) is 23.6 Å². The Hall–Kier alpha value is -5.28. The fraction of sp³-hybridized carbons (Fsp3) is 0.214. The van der Waals surface area contributed by atoms with Gasteiger partial charge in [0.2, 0.25) is 5.82 Å². The number of benzene rings is 2. The summed E-state index contributed by atoms with van der Waals surface area (Å²) in [4.78, 5) is 32.7. The van der Waals surface area contributed by atoms with Crippen LogP contribution in [0.25, 0.3) is 5.70 Å². The summed E-state index contributed by atoms with van der Waals surface area (Å²) < 4.78 is 5.28. The highest BCUT2D eigenvalue weighted by molar-refractivity contribution is 5.93. The molecule has 4 rings (SSSR count).